The van der Waals surface area contributed by atoms with Crippen molar-refractivity contribution in [3.8, 4) is 0 Å². The van der Waals surface area contributed by atoms with Crippen LogP contribution in [-0.4, -0.2) is 32.3 Å². The molecule has 3 aromatic carbocycles. The Morgan fingerprint density at radius 3 is 2.16 bits per heavy atom. The average molecular weight is 456 g/mol. The minimum absolute atomic E-state index is 0.0122. The number of ether oxygens (including phenoxy) is 1. The number of aryl methyl sites for hydroxylation is 1. The number of aliphatic hydroxyl groups excluding tert-OH is 1. The van der Waals surface area contributed by atoms with E-state index in [0.717, 1.165) is 11.1 Å². The van der Waals surface area contributed by atoms with Crippen molar-refractivity contribution in [2.24, 2.45) is 0 Å². The molecule has 0 saturated carbocycles. The molecule has 0 bridgehead atoms. The van der Waals surface area contributed by atoms with Gasteiger partial charge in [-0.25, -0.2) is 4.79 Å². The fraction of sp³-hybridized carbons (Fsp3) is 0.208. The lowest BCUT2D eigenvalue weighted by atomic mass is 10.0. The summed E-state index contributed by atoms with van der Waals surface area (Å²) in [5.74, 6) is 0. The van der Waals surface area contributed by atoms with Gasteiger partial charge in [-0.3, -0.25) is 4.18 Å². The molecule has 7 nitrogen and oxygen atoms in total. The van der Waals surface area contributed by atoms with Crippen molar-refractivity contribution in [1.29, 1.82) is 0 Å². The van der Waals surface area contributed by atoms with Gasteiger partial charge >= 0.3 is 6.09 Å². The summed E-state index contributed by atoms with van der Waals surface area (Å²) in [4.78, 5) is 12.3. The zero-order valence-electron chi connectivity index (χ0n) is 17.5. The van der Waals surface area contributed by atoms with Crippen molar-refractivity contribution in [2.45, 2.75) is 30.6 Å². The second kappa shape index (κ2) is 10.9. The van der Waals surface area contributed by atoms with Crippen molar-refractivity contribution < 1.29 is 27.2 Å². The zero-order valence-corrected chi connectivity index (χ0v) is 18.4. The summed E-state index contributed by atoms with van der Waals surface area (Å²) < 4.78 is 35.2. The van der Waals surface area contributed by atoms with Crippen LogP contribution in [0.15, 0.2) is 89.8 Å². The molecule has 8 heteroatoms. The molecular weight excluding hydrogens is 430 g/mol. The van der Waals surface area contributed by atoms with Gasteiger partial charge in [-0.15, -0.1) is 0 Å². The topological polar surface area (TPSA) is 102 Å². The van der Waals surface area contributed by atoms with Crippen LogP contribution < -0.4 is 5.32 Å². The van der Waals surface area contributed by atoms with Gasteiger partial charge < -0.3 is 15.2 Å². The van der Waals surface area contributed by atoms with E-state index in [1.807, 2.05) is 37.3 Å². The van der Waals surface area contributed by atoms with E-state index in [0.29, 0.717) is 5.56 Å². The third kappa shape index (κ3) is 6.65. The van der Waals surface area contributed by atoms with Gasteiger partial charge in [0.05, 0.1) is 17.5 Å². The van der Waals surface area contributed by atoms with E-state index >= 15 is 0 Å². The molecule has 0 aromatic heterocycles. The predicted octanol–water partition coefficient (Wildman–Crippen LogP) is 3.73. The molecule has 0 heterocycles. The van der Waals surface area contributed by atoms with Crippen molar-refractivity contribution in [3.05, 3.63) is 102 Å². The predicted molar refractivity (Wildman–Crippen MR) is 119 cm³/mol. The Balaban J connectivity index is 1.66. The summed E-state index contributed by atoms with van der Waals surface area (Å²) in [6.07, 6.45) is -2.09. The van der Waals surface area contributed by atoms with Crippen LogP contribution in [0.5, 0.6) is 0 Å². The number of nitrogens with one attached hydrogen (secondary N) is 1. The molecule has 0 aliphatic heterocycles. The molecule has 2 atom stereocenters. The normalized spacial score (nSPS) is 13.2. The lowest BCUT2D eigenvalue weighted by molar-refractivity contribution is 0.0678. The van der Waals surface area contributed by atoms with Gasteiger partial charge in [-0.05, 0) is 30.2 Å². The van der Waals surface area contributed by atoms with Gasteiger partial charge in [0, 0.05) is 0 Å². The zero-order chi connectivity index (χ0) is 23.0. The van der Waals surface area contributed by atoms with Crippen molar-refractivity contribution in [2.75, 3.05) is 6.61 Å². The first-order valence-corrected chi connectivity index (χ1v) is 11.4. The minimum Gasteiger partial charge on any atom is -0.445 e. The van der Waals surface area contributed by atoms with Crippen LogP contribution in [0.2, 0.25) is 0 Å². The highest BCUT2D eigenvalue weighted by Gasteiger charge is 2.27. The van der Waals surface area contributed by atoms with Crippen molar-refractivity contribution in [3.63, 3.8) is 0 Å². The maximum Gasteiger partial charge on any atom is 0.408 e. The number of aliphatic hydroxyl groups is 1. The molecule has 0 fully saturated rings. The summed E-state index contributed by atoms with van der Waals surface area (Å²) in [6.45, 7) is 1.35. The molecule has 32 heavy (non-hydrogen) atoms. The van der Waals surface area contributed by atoms with Crippen LogP contribution in [0.25, 0.3) is 0 Å². The fourth-order valence-electron chi connectivity index (χ4n) is 2.98. The molecule has 0 aliphatic rings. The van der Waals surface area contributed by atoms with Gasteiger partial charge in [0.15, 0.2) is 0 Å². The fourth-order valence-corrected chi connectivity index (χ4v) is 3.91. The summed E-state index contributed by atoms with van der Waals surface area (Å²) in [7, 11) is -4.07. The highest BCUT2D eigenvalue weighted by molar-refractivity contribution is 7.86. The van der Waals surface area contributed by atoms with Crippen LogP contribution >= 0.6 is 0 Å². The average Bonchev–Trinajstić information content (AvgIpc) is 2.81. The number of hydrogen-bond donors (Lipinski definition) is 2. The Labute approximate surface area is 187 Å². The summed E-state index contributed by atoms with van der Waals surface area (Å²) in [6, 6.07) is 23.1. The quantitative estimate of drug-likeness (QED) is 0.477. The minimum atomic E-state index is -4.07. The Morgan fingerprint density at radius 2 is 1.53 bits per heavy atom. The van der Waals surface area contributed by atoms with E-state index in [4.69, 9.17) is 8.92 Å². The largest absolute Gasteiger partial charge is 0.445 e. The Morgan fingerprint density at radius 1 is 0.938 bits per heavy atom. The summed E-state index contributed by atoms with van der Waals surface area (Å²) in [5.41, 5.74) is 2.30. The van der Waals surface area contributed by atoms with E-state index in [-0.39, 0.29) is 11.5 Å². The molecule has 0 radical (unpaired) electrons. The number of amides is 1. The number of alkyl carbamates (subject to hydrolysis) is 1. The number of hydrogen-bond acceptors (Lipinski definition) is 6. The highest BCUT2D eigenvalue weighted by atomic mass is 32.2. The maximum absolute atomic E-state index is 12.4. The second-order valence-electron chi connectivity index (χ2n) is 7.21. The van der Waals surface area contributed by atoms with E-state index in [1.54, 1.807) is 42.5 Å². The third-order valence-electron chi connectivity index (χ3n) is 4.73. The lowest BCUT2D eigenvalue weighted by Gasteiger charge is -2.24. The Bertz CT molecular complexity index is 1100. The highest BCUT2D eigenvalue weighted by Crippen LogP contribution is 2.20. The first kappa shape index (κ1) is 23.5. The number of carbonyl (C=O) groups excluding carboxylic acids is 1. The Kier molecular flexibility index (Phi) is 7.99. The van der Waals surface area contributed by atoms with Crippen molar-refractivity contribution >= 4 is 16.2 Å². The molecule has 0 aliphatic carbocycles. The van der Waals surface area contributed by atoms with Gasteiger partial charge in [-0.1, -0.05) is 78.4 Å². The van der Waals surface area contributed by atoms with Crippen LogP contribution in [0.1, 0.15) is 22.7 Å². The Hall–Kier alpha value is -3.20. The molecule has 168 valence electrons. The molecular formula is C24H25NO6S. The van der Waals surface area contributed by atoms with E-state index in [9.17, 15) is 18.3 Å². The molecule has 3 rings (SSSR count). The lowest BCUT2D eigenvalue weighted by Crippen LogP contribution is -2.39. The van der Waals surface area contributed by atoms with Gasteiger partial charge in [0.2, 0.25) is 0 Å². The van der Waals surface area contributed by atoms with Crippen LogP contribution in [0.3, 0.4) is 0 Å². The first-order valence-electron chi connectivity index (χ1n) is 10.0. The molecule has 2 N–H and O–H groups in total. The summed E-state index contributed by atoms with van der Waals surface area (Å²) in [5, 5.41) is 13.3. The number of benzene rings is 3. The second-order valence-corrected chi connectivity index (χ2v) is 8.83. The van der Waals surface area contributed by atoms with Crippen LogP contribution in [0.4, 0.5) is 4.79 Å². The molecule has 2 unspecified atom stereocenters. The first-order chi connectivity index (χ1) is 15.3. The SMILES string of the molecule is Cc1ccc(S(=O)(=O)OCC(O)C(NC(=O)OCc2ccccc2)c2ccccc2)cc1. The monoisotopic (exact) mass is 455 g/mol. The third-order valence-corrected chi connectivity index (χ3v) is 6.03. The number of rotatable bonds is 9. The van der Waals surface area contributed by atoms with Crippen LogP contribution in [0, 0.1) is 6.92 Å². The number of carbonyl (C=O) groups is 1. The molecule has 3 aromatic rings. The van der Waals surface area contributed by atoms with E-state index in [2.05, 4.69) is 5.32 Å². The molecule has 1 amide bonds. The van der Waals surface area contributed by atoms with Crippen LogP contribution in [-0.2, 0) is 25.6 Å². The maximum atomic E-state index is 12.4. The van der Waals surface area contributed by atoms with E-state index in [1.165, 1.54) is 12.1 Å². The van der Waals surface area contributed by atoms with Gasteiger partial charge in [0.25, 0.3) is 10.1 Å². The smallest absolute Gasteiger partial charge is 0.408 e. The van der Waals surface area contributed by atoms with Gasteiger partial charge in [-0.2, -0.15) is 8.42 Å². The molecule has 0 saturated heterocycles. The van der Waals surface area contributed by atoms with E-state index < -0.39 is 35.0 Å². The van der Waals surface area contributed by atoms with Crippen molar-refractivity contribution in [1.82, 2.24) is 5.32 Å². The molecule has 0 spiro atoms. The standard InChI is InChI=1S/C24H25NO6S/c1-18-12-14-21(15-13-18)32(28,29)31-17-22(26)23(20-10-6-3-7-11-20)25-24(27)30-16-19-8-4-2-5-9-19/h2-15,22-23,26H,16-17H2,1H3,(H,25,27). The van der Waals surface area contributed by atoms with Gasteiger partial charge in [0.1, 0.15) is 12.7 Å². The summed E-state index contributed by atoms with van der Waals surface area (Å²) >= 11 is 0.